The number of H-pyrrole nitrogens is 2. The Morgan fingerprint density at radius 1 is 0.870 bits per heavy atom. The van der Waals surface area contributed by atoms with Crippen molar-refractivity contribution < 1.29 is 19.4 Å². The second-order valence-corrected chi connectivity index (χ2v) is 13.5. The molecule has 8 bridgehead atoms. The summed E-state index contributed by atoms with van der Waals surface area (Å²) >= 11 is 0. The van der Waals surface area contributed by atoms with Crippen LogP contribution in [-0.4, -0.2) is 44.1 Å². The lowest BCUT2D eigenvalue weighted by Crippen LogP contribution is -2.31. The molecule has 0 amide bonds. The van der Waals surface area contributed by atoms with Gasteiger partial charge in [-0.25, -0.2) is 0 Å². The van der Waals surface area contributed by atoms with Gasteiger partial charge in [0.25, 0.3) is 0 Å². The number of carboxylic acid groups (broad SMARTS) is 1. The number of aromatic amines is 2. The molecule has 240 valence electrons. The molecule has 0 saturated carbocycles. The van der Waals surface area contributed by atoms with Gasteiger partial charge in [-0.2, -0.15) is 0 Å². The molecule has 4 atom stereocenters. The number of carbonyl (C=O) groups excluding carboxylic acids is 1. The molecule has 2 aliphatic heterocycles. The molecule has 0 spiro atoms. The van der Waals surface area contributed by atoms with Crippen LogP contribution in [0.25, 0.3) is 27.6 Å². The van der Waals surface area contributed by atoms with Crippen LogP contribution in [0.2, 0.25) is 0 Å². The number of carbonyl (C=O) groups is 2. The third kappa shape index (κ3) is 5.17. The van der Waals surface area contributed by atoms with E-state index in [0.717, 1.165) is 61.5 Å². The molecule has 0 radical (unpaired) electrons. The predicted octanol–water partition coefficient (Wildman–Crippen LogP) is 8.04. The van der Waals surface area contributed by atoms with Crippen LogP contribution in [0.15, 0.2) is 42.0 Å². The molecule has 8 heteroatoms. The summed E-state index contributed by atoms with van der Waals surface area (Å²) in [5, 5.41) is 9.56. The monoisotopic (exact) mass is 620 g/mol. The van der Waals surface area contributed by atoms with Crippen LogP contribution in [0, 0.1) is 26.7 Å². The van der Waals surface area contributed by atoms with E-state index in [0.29, 0.717) is 12.8 Å². The van der Waals surface area contributed by atoms with Crippen molar-refractivity contribution in [1.29, 1.82) is 0 Å². The van der Waals surface area contributed by atoms with Gasteiger partial charge in [-0.3, -0.25) is 19.6 Å². The summed E-state index contributed by atoms with van der Waals surface area (Å²) in [5.74, 6) is -0.867. The lowest BCUT2D eigenvalue weighted by atomic mass is 9.65. The van der Waals surface area contributed by atoms with Crippen molar-refractivity contribution >= 4 is 39.6 Å². The van der Waals surface area contributed by atoms with Crippen molar-refractivity contribution in [3.8, 4) is 0 Å². The quantitative estimate of drug-likeness (QED) is 0.240. The van der Waals surface area contributed by atoms with E-state index < -0.39 is 5.97 Å². The maximum absolute atomic E-state index is 12.2. The molecule has 4 unspecified atom stereocenters. The molecular formula is C38H44N4O4. The van der Waals surface area contributed by atoms with Gasteiger partial charge in [0.1, 0.15) is 0 Å². The molecule has 6 rings (SSSR count). The van der Waals surface area contributed by atoms with E-state index in [-0.39, 0.29) is 42.0 Å². The number of aryl methyl sites for hydroxylation is 4. The van der Waals surface area contributed by atoms with Gasteiger partial charge in [-0.1, -0.05) is 31.6 Å². The summed E-state index contributed by atoms with van der Waals surface area (Å²) in [6, 6.07) is 8.53. The highest BCUT2D eigenvalue weighted by Gasteiger charge is 2.45. The first-order chi connectivity index (χ1) is 21.8. The minimum absolute atomic E-state index is 0.0257. The molecule has 3 aromatic rings. The molecule has 8 nitrogen and oxygen atoms in total. The number of methoxy groups -OCH3 is 1. The van der Waals surface area contributed by atoms with Gasteiger partial charge in [0, 0.05) is 63.5 Å². The van der Waals surface area contributed by atoms with Crippen molar-refractivity contribution in [2.75, 3.05) is 7.11 Å². The van der Waals surface area contributed by atoms with Crippen LogP contribution in [0.1, 0.15) is 104 Å². The van der Waals surface area contributed by atoms with Crippen LogP contribution in [0.3, 0.4) is 0 Å². The average Bonchev–Trinajstić information content (AvgIpc) is 3.66. The smallest absolute Gasteiger partial charge is 0.305 e. The number of hydrogen-bond donors (Lipinski definition) is 3. The fourth-order valence-corrected chi connectivity index (χ4v) is 7.50. The molecule has 3 aromatic heterocycles. The summed E-state index contributed by atoms with van der Waals surface area (Å²) in [5.41, 5.74) is 14.1. The first-order valence-corrected chi connectivity index (χ1v) is 16.2. The fourth-order valence-electron chi connectivity index (χ4n) is 7.50. The molecule has 0 saturated heterocycles. The number of nitrogens with one attached hydrogen (secondary N) is 2. The highest BCUT2D eigenvalue weighted by molar-refractivity contribution is 5.83. The number of esters is 1. The summed E-state index contributed by atoms with van der Waals surface area (Å²) in [6.45, 7) is 15.3. The summed E-state index contributed by atoms with van der Waals surface area (Å²) in [6.07, 6.45) is 5.72. The zero-order chi connectivity index (χ0) is 33.1. The molecule has 0 fully saturated rings. The average molecular weight is 621 g/mol. The standard InChI is InChI=1S/C38H44N4O4/c1-19-9-12-27-34-16-30-23(5)26(11-14-37(45)46-8)33(41-30)17-32-25(10-13-36(43)44)22(4)29(40-32)15-28-20(2)21(3)31(39-28)18-35(42-34)38(27,7)24(19)6/h9,12,15-18,22,24-25,39,41H,10-11,13-14H2,1-8H3,(H,43,44). The number of rotatable bonds is 6. The molecule has 0 aromatic carbocycles. The summed E-state index contributed by atoms with van der Waals surface area (Å²) in [7, 11) is 1.41. The Morgan fingerprint density at radius 3 is 2.22 bits per heavy atom. The van der Waals surface area contributed by atoms with E-state index in [9.17, 15) is 14.7 Å². The minimum Gasteiger partial charge on any atom is -0.481 e. The van der Waals surface area contributed by atoms with Crippen molar-refractivity contribution in [3.63, 3.8) is 0 Å². The number of nitrogens with zero attached hydrogens (tertiary/aromatic N) is 2. The van der Waals surface area contributed by atoms with Crippen molar-refractivity contribution in [2.45, 2.75) is 91.4 Å². The van der Waals surface area contributed by atoms with Gasteiger partial charge in [-0.15, -0.1) is 0 Å². The Balaban J connectivity index is 1.71. The van der Waals surface area contributed by atoms with Gasteiger partial charge in [0.2, 0.25) is 0 Å². The van der Waals surface area contributed by atoms with E-state index in [2.05, 4.69) is 94.9 Å². The van der Waals surface area contributed by atoms with Crippen molar-refractivity contribution in [3.05, 3.63) is 87.0 Å². The number of allylic oxidation sites excluding steroid dienone is 4. The van der Waals surface area contributed by atoms with Crippen LogP contribution < -0.4 is 0 Å². The number of ether oxygens (including phenoxy) is 1. The lowest BCUT2D eigenvalue weighted by Gasteiger charge is -2.36. The Kier molecular flexibility index (Phi) is 8.03. The first-order valence-electron chi connectivity index (χ1n) is 16.2. The minimum atomic E-state index is -0.818. The van der Waals surface area contributed by atoms with Gasteiger partial charge < -0.3 is 19.8 Å². The van der Waals surface area contributed by atoms with Crippen molar-refractivity contribution in [1.82, 2.24) is 19.9 Å². The zero-order valence-corrected chi connectivity index (χ0v) is 28.1. The summed E-state index contributed by atoms with van der Waals surface area (Å²) in [4.78, 5) is 41.7. The second kappa shape index (κ2) is 11.7. The zero-order valence-electron chi connectivity index (χ0n) is 28.1. The van der Waals surface area contributed by atoms with Crippen LogP contribution in [0.5, 0.6) is 0 Å². The van der Waals surface area contributed by atoms with E-state index >= 15 is 0 Å². The number of fused-ring (bicyclic) bond motifs is 11. The highest BCUT2D eigenvalue weighted by Crippen LogP contribution is 2.51. The van der Waals surface area contributed by atoms with Crippen molar-refractivity contribution in [2.24, 2.45) is 5.92 Å². The van der Waals surface area contributed by atoms with Crippen LogP contribution in [0.4, 0.5) is 0 Å². The first kappa shape index (κ1) is 31.5. The number of carboxylic acids is 1. The Bertz CT molecular complexity index is 1990. The molecular weight excluding hydrogens is 576 g/mol. The molecule has 46 heavy (non-hydrogen) atoms. The maximum atomic E-state index is 12.2. The van der Waals surface area contributed by atoms with Gasteiger partial charge in [0.15, 0.2) is 0 Å². The van der Waals surface area contributed by atoms with E-state index in [1.54, 1.807) is 0 Å². The molecule has 5 heterocycles. The number of aromatic nitrogens is 4. The Labute approximate surface area is 270 Å². The van der Waals surface area contributed by atoms with E-state index in [1.165, 1.54) is 23.8 Å². The van der Waals surface area contributed by atoms with Gasteiger partial charge >= 0.3 is 11.9 Å². The normalized spacial score (nSPS) is 22.2. The Morgan fingerprint density at radius 2 is 1.52 bits per heavy atom. The third-order valence-electron chi connectivity index (χ3n) is 11.1. The molecule has 1 aliphatic carbocycles. The number of hydrogen-bond acceptors (Lipinski definition) is 5. The van der Waals surface area contributed by atoms with Gasteiger partial charge in [-0.05, 0) is 105 Å². The Hall–Kier alpha value is -4.46. The fraction of sp³-hybridized carbons (Fsp3) is 0.421. The van der Waals surface area contributed by atoms with E-state index in [1.807, 2.05) is 0 Å². The topological polar surface area (TPSA) is 121 Å². The van der Waals surface area contributed by atoms with Crippen LogP contribution in [-0.2, 0) is 26.2 Å². The van der Waals surface area contributed by atoms with E-state index in [4.69, 9.17) is 14.7 Å². The second-order valence-electron chi connectivity index (χ2n) is 13.5. The maximum Gasteiger partial charge on any atom is 0.305 e. The largest absolute Gasteiger partial charge is 0.481 e. The third-order valence-corrected chi connectivity index (χ3v) is 11.1. The predicted molar refractivity (Wildman–Crippen MR) is 182 cm³/mol. The molecule has 3 aliphatic rings. The highest BCUT2D eigenvalue weighted by atomic mass is 16.5. The van der Waals surface area contributed by atoms with Crippen LogP contribution >= 0.6 is 0 Å². The molecule has 3 N–H and O–H groups in total. The lowest BCUT2D eigenvalue weighted by molar-refractivity contribution is -0.140. The van der Waals surface area contributed by atoms with Gasteiger partial charge in [0.05, 0.1) is 18.5 Å². The summed E-state index contributed by atoms with van der Waals surface area (Å²) < 4.78 is 4.98. The number of aliphatic carboxylic acids is 1. The SMILES string of the molecule is COC(=O)CCc1c(C)c2cc3nc(cc4[nH]c(cc5nc(cc1[nH]2)C(CCC(=O)O)C5C)c(C)c4C)C1(C)C3=CC=C(C)C1C.